The van der Waals surface area contributed by atoms with Crippen molar-refractivity contribution in [3.8, 4) is 5.75 Å². The first-order chi connectivity index (χ1) is 11.8. The summed E-state index contributed by atoms with van der Waals surface area (Å²) in [6.07, 6.45) is 5.81. The number of unbranched alkanes of at least 4 members (excludes halogenated alkanes) is 1. The lowest BCUT2D eigenvalue weighted by molar-refractivity contribution is 0.415. The average molecular weight is 316 g/mol. The molecular formula is C23H24O. The molecule has 0 spiro atoms. The largest absolute Gasteiger partial charge is 0.497 e. The van der Waals surface area contributed by atoms with Gasteiger partial charge >= 0.3 is 0 Å². The van der Waals surface area contributed by atoms with Gasteiger partial charge in [0.15, 0.2) is 0 Å². The van der Waals surface area contributed by atoms with Crippen LogP contribution in [0.1, 0.15) is 37.3 Å². The number of methoxy groups -OCH3 is 1. The van der Waals surface area contributed by atoms with Crippen LogP contribution in [0.4, 0.5) is 0 Å². The van der Waals surface area contributed by atoms with E-state index in [1.807, 2.05) is 12.1 Å². The van der Waals surface area contributed by atoms with Gasteiger partial charge in [-0.2, -0.15) is 0 Å². The van der Waals surface area contributed by atoms with Gasteiger partial charge in [-0.3, -0.25) is 0 Å². The Morgan fingerprint density at radius 2 is 1.67 bits per heavy atom. The highest BCUT2D eigenvalue weighted by molar-refractivity contribution is 5.97. The van der Waals surface area contributed by atoms with E-state index in [4.69, 9.17) is 4.74 Å². The maximum Gasteiger partial charge on any atom is 0.118 e. The van der Waals surface area contributed by atoms with Gasteiger partial charge in [-0.1, -0.05) is 74.0 Å². The number of hydrogen-bond donors (Lipinski definition) is 0. The summed E-state index contributed by atoms with van der Waals surface area (Å²) >= 11 is 0. The quantitative estimate of drug-likeness (QED) is 0.467. The second kappa shape index (κ2) is 7.83. The molecule has 1 nitrogen and oxygen atoms in total. The van der Waals surface area contributed by atoms with Crippen LogP contribution in [0.2, 0.25) is 0 Å². The first-order valence-electron chi connectivity index (χ1n) is 8.64. The summed E-state index contributed by atoms with van der Waals surface area (Å²) in [6, 6.07) is 23.5. The Morgan fingerprint density at radius 3 is 2.42 bits per heavy atom. The van der Waals surface area contributed by atoms with Crippen LogP contribution in [-0.2, 0) is 0 Å². The third kappa shape index (κ3) is 3.68. The Hall–Kier alpha value is -2.54. The van der Waals surface area contributed by atoms with Crippen molar-refractivity contribution >= 4 is 22.4 Å². The molecule has 0 fully saturated rings. The Morgan fingerprint density at radius 1 is 0.917 bits per heavy atom. The molecule has 0 heterocycles. The van der Waals surface area contributed by atoms with E-state index in [1.54, 1.807) is 7.11 Å². The van der Waals surface area contributed by atoms with Gasteiger partial charge < -0.3 is 4.74 Å². The molecule has 0 amide bonds. The highest BCUT2D eigenvalue weighted by Crippen LogP contribution is 2.30. The van der Waals surface area contributed by atoms with Gasteiger partial charge in [-0.15, -0.1) is 0 Å². The molecule has 0 radical (unpaired) electrons. The number of allylic oxidation sites excluding steroid dienone is 1. The molecule has 0 aliphatic carbocycles. The van der Waals surface area contributed by atoms with Crippen molar-refractivity contribution in [2.75, 3.05) is 7.11 Å². The van der Waals surface area contributed by atoms with Crippen LogP contribution in [0, 0.1) is 0 Å². The van der Waals surface area contributed by atoms with Crippen LogP contribution in [-0.4, -0.2) is 7.11 Å². The summed E-state index contributed by atoms with van der Waals surface area (Å²) in [5.74, 6) is 0.896. The standard InChI is InChI=1S/C23H24O/c1-3-4-8-20(17-18-13-15-21(24-2)16-14-18)23-12-7-10-19-9-5-6-11-22(19)23/h5-7,9-17H,3-4,8H2,1-2H3/b20-17+. The summed E-state index contributed by atoms with van der Waals surface area (Å²) in [7, 11) is 1.70. The molecule has 0 unspecified atom stereocenters. The highest BCUT2D eigenvalue weighted by atomic mass is 16.5. The summed E-state index contributed by atoms with van der Waals surface area (Å²) in [4.78, 5) is 0. The van der Waals surface area contributed by atoms with Crippen molar-refractivity contribution in [1.82, 2.24) is 0 Å². The normalized spacial score (nSPS) is 11.7. The van der Waals surface area contributed by atoms with Gasteiger partial charge in [0.1, 0.15) is 5.75 Å². The van der Waals surface area contributed by atoms with E-state index < -0.39 is 0 Å². The number of ether oxygens (including phenoxy) is 1. The maximum absolute atomic E-state index is 5.26. The second-order valence-corrected chi connectivity index (χ2v) is 6.07. The SMILES string of the molecule is CCCC/C(=C\c1ccc(OC)cc1)c1cccc2ccccc12. The van der Waals surface area contributed by atoms with Gasteiger partial charge in [-0.05, 0) is 52.4 Å². The molecule has 0 saturated heterocycles. The minimum atomic E-state index is 0.896. The fourth-order valence-corrected chi connectivity index (χ4v) is 3.06. The van der Waals surface area contributed by atoms with Crippen molar-refractivity contribution in [2.24, 2.45) is 0 Å². The smallest absolute Gasteiger partial charge is 0.118 e. The summed E-state index contributed by atoms with van der Waals surface area (Å²) < 4.78 is 5.26. The van der Waals surface area contributed by atoms with E-state index in [2.05, 4.69) is 67.6 Å². The topological polar surface area (TPSA) is 9.23 Å². The van der Waals surface area contributed by atoms with Crippen molar-refractivity contribution in [3.63, 3.8) is 0 Å². The van der Waals surface area contributed by atoms with Gasteiger partial charge in [-0.25, -0.2) is 0 Å². The molecule has 0 saturated carbocycles. The lowest BCUT2D eigenvalue weighted by Crippen LogP contribution is -1.89. The van der Waals surface area contributed by atoms with Crippen LogP contribution in [0.5, 0.6) is 5.75 Å². The molecule has 1 heteroatoms. The average Bonchev–Trinajstić information content (AvgIpc) is 2.65. The third-order valence-corrected chi connectivity index (χ3v) is 4.39. The van der Waals surface area contributed by atoms with E-state index in [1.165, 1.54) is 40.3 Å². The number of fused-ring (bicyclic) bond motifs is 1. The monoisotopic (exact) mass is 316 g/mol. The molecule has 0 aromatic heterocycles. The van der Waals surface area contributed by atoms with Gasteiger partial charge in [0.25, 0.3) is 0 Å². The summed E-state index contributed by atoms with van der Waals surface area (Å²) in [5.41, 5.74) is 3.96. The fourth-order valence-electron chi connectivity index (χ4n) is 3.06. The van der Waals surface area contributed by atoms with Crippen molar-refractivity contribution in [1.29, 1.82) is 0 Å². The first-order valence-corrected chi connectivity index (χ1v) is 8.64. The first kappa shape index (κ1) is 16.3. The summed E-state index contributed by atoms with van der Waals surface area (Å²) in [5, 5.41) is 2.63. The van der Waals surface area contributed by atoms with E-state index >= 15 is 0 Å². The summed E-state index contributed by atoms with van der Waals surface area (Å²) in [6.45, 7) is 2.24. The minimum absolute atomic E-state index is 0.896. The maximum atomic E-state index is 5.26. The van der Waals surface area contributed by atoms with Gasteiger partial charge in [0.2, 0.25) is 0 Å². The number of hydrogen-bond acceptors (Lipinski definition) is 1. The number of benzene rings is 3. The lowest BCUT2D eigenvalue weighted by atomic mass is 9.93. The van der Waals surface area contributed by atoms with Crippen LogP contribution in [0.3, 0.4) is 0 Å². The Kier molecular flexibility index (Phi) is 5.32. The molecule has 0 bridgehead atoms. The van der Waals surface area contributed by atoms with E-state index in [0.717, 1.165) is 12.2 Å². The Labute approximate surface area is 144 Å². The fraction of sp³-hybridized carbons (Fsp3) is 0.217. The van der Waals surface area contributed by atoms with Crippen LogP contribution in [0.15, 0.2) is 66.7 Å². The zero-order valence-electron chi connectivity index (χ0n) is 14.5. The molecule has 0 N–H and O–H groups in total. The molecule has 122 valence electrons. The highest BCUT2D eigenvalue weighted by Gasteiger charge is 2.06. The zero-order chi connectivity index (χ0) is 16.8. The van der Waals surface area contributed by atoms with Gasteiger partial charge in [0.05, 0.1) is 7.11 Å². The minimum Gasteiger partial charge on any atom is -0.497 e. The van der Waals surface area contributed by atoms with Crippen LogP contribution >= 0.6 is 0 Å². The predicted molar refractivity (Wildman–Crippen MR) is 104 cm³/mol. The molecule has 3 rings (SSSR count). The molecular weight excluding hydrogens is 292 g/mol. The van der Waals surface area contributed by atoms with E-state index in [9.17, 15) is 0 Å². The Bertz CT molecular complexity index is 823. The second-order valence-electron chi connectivity index (χ2n) is 6.07. The van der Waals surface area contributed by atoms with Crippen molar-refractivity contribution < 1.29 is 4.74 Å². The van der Waals surface area contributed by atoms with Gasteiger partial charge in [0, 0.05) is 0 Å². The molecule has 0 aliphatic rings. The van der Waals surface area contributed by atoms with Crippen molar-refractivity contribution in [3.05, 3.63) is 77.9 Å². The number of rotatable bonds is 6. The van der Waals surface area contributed by atoms with Crippen molar-refractivity contribution in [2.45, 2.75) is 26.2 Å². The molecule has 3 aromatic rings. The molecule has 3 aromatic carbocycles. The van der Waals surface area contributed by atoms with Crippen LogP contribution < -0.4 is 4.74 Å². The lowest BCUT2D eigenvalue weighted by Gasteiger charge is -2.12. The molecule has 24 heavy (non-hydrogen) atoms. The zero-order valence-corrected chi connectivity index (χ0v) is 14.5. The predicted octanol–water partition coefficient (Wildman–Crippen LogP) is 6.58. The van der Waals surface area contributed by atoms with E-state index in [0.29, 0.717) is 0 Å². The van der Waals surface area contributed by atoms with Crippen LogP contribution in [0.25, 0.3) is 22.4 Å². The van der Waals surface area contributed by atoms with E-state index in [-0.39, 0.29) is 0 Å². The Balaban J connectivity index is 2.05. The molecule has 0 atom stereocenters. The third-order valence-electron chi connectivity index (χ3n) is 4.39. The molecule has 0 aliphatic heterocycles.